The Labute approximate surface area is 95.3 Å². The molecule has 0 bridgehead atoms. The van der Waals surface area contributed by atoms with Crippen molar-refractivity contribution < 1.29 is 0 Å². The van der Waals surface area contributed by atoms with E-state index in [1.165, 1.54) is 0 Å². The molecule has 0 aliphatic carbocycles. The van der Waals surface area contributed by atoms with E-state index in [1.807, 2.05) is 24.3 Å². The van der Waals surface area contributed by atoms with Gasteiger partial charge in [0.25, 0.3) is 0 Å². The standard InChI is InChI=1S/C10H10N2.2ClH/c11-7-8-3-4-10-9(6-8)2-1-5-12-10;;/h1-6H,7,11H2;2*1H. The van der Waals surface area contributed by atoms with E-state index in [0.29, 0.717) is 6.54 Å². The van der Waals surface area contributed by atoms with Crippen LogP contribution < -0.4 is 5.73 Å². The molecule has 14 heavy (non-hydrogen) atoms. The van der Waals surface area contributed by atoms with Gasteiger partial charge in [0.1, 0.15) is 0 Å². The molecule has 2 rings (SSSR count). The molecule has 0 unspecified atom stereocenters. The molecule has 0 atom stereocenters. The van der Waals surface area contributed by atoms with Crippen LogP contribution in [0.4, 0.5) is 0 Å². The Morgan fingerprint density at radius 3 is 2.64 bits per heavy atom. The molecule has 0 aliphatic rings. The highest BCUT2D eigenvalue weighted by molar-refractivity contribution is 5.85. The van der Waals surface area contributed by atoms with Crippen LogP contribution >= 0.6 is 24.8 Å². The van der Waals surface area contributed by atoms with E-state index in [-0.39, 0.29) is 24.8 Å². The molecule has 0 amide bonds. The zero-order chi connectivity index (χ0) is 8.39. The van der Waals surface area contributed by atoms with E-state index >= 15 is 0 Å². The first-order chi connectivity index (χ1) is 5.90. The minimum absolute atomic E-state index is 0. The third-order valence-electron chi connectivity index (χ3n) is 1.90. The van der Waals surface area contributed by atoms with Crippen LogP contribution in [0.5, 0.6) is 0 Å². The summed E-state index contributed by atoms with van der Waals surface area (Å²) in [5, 5.41) is 1.15. The molecule has 0 saturated carbocycles. The average molecular weight is 231 g/mol. The number of benzene rings is 1. The smallest absolute Gasteiger partial charge is 0.0702 e. The molecule has 1 aromatic carbocycles. The number of fused-ring (bicyclic) bond motifs is 1. The summed E-state index contributed by atoms with van der Waals surface area (Å²) in [4.78, 5) is 4.22. The molecule has 2 aromatic rings. The second-order valence-corrected chi connectivity index (χ2v) is 2.73. The predicted octanol–water partition coefficient (Wildman–Crippen LogP) is 2.54. The van der Waals surface area contributed by atoms with E-state index in [4.69, 9.17) is 5.73 Å². The van der Waals surface area contributed by atoms with Crippen LogP contribution in [-0.4, -0.2) is 4.98 Å². The highest BCUT2D eigenvalue weighted by Gasteiger charge is 1.93. The van der Waals surface area contributed by atoms with Crippen molar-refractivity contribution in [3.05, 3.63) is 42.1 Å². The fourth-order valence-corrected chi connectivity index (χ4v) is 1.25. The van der Waals surface area contributed by atoms with Crippen molar-refractivity contribution in [1.29, 1.82) is 0 Å². The number of aromatic nitrogens is 1. The van der Waals surface area contributed by atoms with Crippen LogP contribution in [0.3, 0.4) is 0 Å². The minimum atomic E-state index is 0. The quantitative estimate of drug-likeness (QED) is 0.819. The lowest BCUT2D eigenvalue weighted by atomic mass is 10.1. The molecule has 0 radical (unpaired) electrons. The van der Waals surface area contributed by atoms with Crippen molar-refractivity contribution in [3.63, 3.8) is 0 Å². The first-order valence-corrected chi connectivity index (χ1v) is 3.94. The molecule has 0 spiro atoms. The lowest BCUT2D eigenvalue weighted by Gasteiger charge is -1.98. The van der Waals surface area contributed by atoms with Gasteiger partial charge in [0, 0.05) is 18.1 Å². The summed E-state index contributed by atoms with van der Waals surface area (Å²) in [7, 11) is 0. The Bertz CT molecular complexity index is 404. The summed E-state index contributed by atoms with van der Waals surface area (Å²) in [5.74, 6) is 0. The number of nitrogens with zero attached hydrogens (tertiary/aromatic N) is 1. The summed E-state index contributed by atoms with van der Waals surface area (Å²) in [5.41, 5.74) is 7.69. The molecule has 0 fully saturated rings. The number of hydrogen-bond acceptors (Lipinski definition) is 2. The van der Waals surface area contributed by atoms with Crippen molar-refractivity contribution in [1.82, 2.24) is 4.98 Å². The second kappa shape index (κ2) is 5.81. The maximum absolute atomic E-state index is 5.52. The third-order valence-corrected chi connectivity index (χ3v) is 1.90. The zero-order valence-electron chi connectivity index (χ0n) is 7.51. The normalized spacial score (nSPS) is 8.93. The Balaban J connectivity index is 0.000000845. The van der Waals surface area contributed by atoms with E-state index in [1.54, 1.807) is 6.20 Å². The van der Waals surface area contributed by atoms with E-state index in [0.717, 1.165) is 16.5 Å². The molecule has 2 N–H and O–H groups in total. The third kappa shape index (κ3) is 2.58. The topological polar surface area (TPSA) is 38.9 Å². The average Bonchev–Trinajstić information content (AvgIpc) is 2.17. The van der Waals surface area contributed by atoms with Crippen LogP contribution in [0, 0.1) is 0 Å². The van der Waals surface area contributed by atoms with Crippen molar-refractivity contribution in [2.75, 3.05) is 0 Å². The Morgan fingerprint density at radius 2 is 1.93 bits per heavy atom. The van der Waals surface area contributed by atoms with E-state index < -0.39 is 0 Å². The predicted molar refractivity (Wildman–Crippen MR) is 64.1 cm³/mol. The summed E-state index contributed by atoms with van der Waals surface area (Å²) < 4.78 is 0. The Kier molecular flexibility index (Phi) is 5.46. The first kappa shape index (κ1) is 13.2. The van der Waals surface area contributed by atoms with Crippen molar-refractivity contribution >= 4 is 35.7 Å². The van der Waals surface area contributed by atoms with Gasteiger partial charge in [-0.2, -0.15) is 0 Å². The molecule has 76 valence electrons. The van der Waals surface area contributed by atoms with Crippen LogP contribution in [0.15, 0.2) is 36.5 Å². The molecular formula is C10H12Cl2N2. The molecular weight excluding hydrogens is 219 g/mol. The number of pyridine rings is 1. The van der Waals surface area contributed by atoms with Gasteiger partial charge in [0.05, 0.1) is 5.52 Å². The van der Waals surface area contributed by atoms with Crippen molar-refractivity contribution in [2.45, 2.75) is 6.54 Å². The molecule has 1 aromatic heterocycles. The monoisotopic (exact) mass is 230 g/mol. The minimum Gasteiger partial charge on any atom is -0.326 e. The highest BCUT2D eigenvalue weighted by Crippen LogP contribution is 2.12. The van der Waals surface area contributed by atoms with Crippen LogP contribution in [0.25, 0.3) is 10.9 Å². The first-order valence-electron chi connectivity index (χ1n) is 3.94. The van der Waals surface area contributed by atoms with Crippen LogP contribution in [0.1, 0.15) is 5.56 Å². The van der Waals surface area contributed by atoms with Gasteiger partial charge >= 0.3 is 0 Å². The number of rotatable bonds is 1. The van der Waals surface area contributed by atoms with Crippen LogP contribution in [0.2, 0.25) is 0 Å². The summed E-state index contributed by atoms with van der Waals surface area (Å²) >= 11 is 0. The van der Waals surface area contributed by atoms with Gasteiger partial charge in [-0.1, -0.05) is 12.1 Å². The van der Waals surface area contributed by atoms with Crippen molar-refractivity contribution in [2.24, 2.45) is 5.73 Å². The van der Waals surface area contributed by atoms with Gasteiger partial charge in [0.2, 0.25) is 0 Å². The lowest BCUT2D eigenvalue weighted by Crippen LogP contribution is -1.95. The zero-order valence-corrected chi connectivity index (χ0v) is 9.15. The van der Waals surface area contributed by atoms with Gasteiger partial charge in [0.15, 0.2) is 0 Å². The Hall–Kier alpha value is -0.830. The maximum atomic E-state index is 5.52. The fourth-order valence-electron chi connectivity index (χ4n) is 1.25. The number of nitrogens with two attached hydrogens (primary N) is 1. The van der Waals surface area contributed by atoms with Gasteiger partial charge < -0.3 is 5.73 Å². The van der Waals surface area contributed by atoms with E-state index in [9.17, 15) is 0 Å². The van der Waals surface area contributed by atoms with Gasteiger partial charge in [-0.25, -0.2) is 0 Å². The molecule has 0 saturated heterocycles. The maximum Gasteiger partial charge on any atom is 0.0702 e. The molecule has 1 heterocycles. The largest absolute Gasteiger partial charge is 0.326 e. The number of halogens is 2. The fraction of sp³-hybridized carbons (Fsp3) is 0.100. The summed E-state index contributed by atoms with van der Waals surface area (Å²) in [6, 6.07) is 10.1. The van der Waals surface area contributed by atoms with Gasteiger partial charge in [-0.05, 0) is 23.8 Å². The van der Waals surface area contributed by atoms with Gasteiger partial charge in [-0.3, -0.25) is 4.98 Å². The highest BCUT2D eigenvalue weighted by atomic mass is 35.5. The van der Waals surface area contributed by atoms with E-state index in [2.05, 4.69) is 11.1 Å². The SMILES string of the molecule is Cl.Cl.NCc1ccc2ncccc2c1. The second-order valence-electron chi connectivity index (χ2n) is 2.73. The van der Waals surface area contributed by atoms with Gasteiger partial charge in [-0.15, -0.1) is 24.8 Å². The Morgan fingerprint density at radius 1 is 1.14 bits per heavy atom. The lowest BCUT2D eigenvalue weighted by molar-refractivity contribution is 1.07. The van der Waals surface area contributed by atoms with Crippen molar-refractivity contribution in [3.8, 4) is 0 Å². The van der Waals surface area contributed by atoms with Crippen LogP contribution in [-0.2, 0) is 6.54 Å². The molecule has 2 nitrogen and oxygen atoms in total. The molecule has 4 heteroatoms. The summed E-state index contributed by atoms with van der Waals surface area (Å²) in [6.07, 6.45) is 1.80. The molecule has 0 aliphatic heterocycles. The number of hydrogen-bond donors (Lipinski definition) is 1. The summed E-state index contributed by atoms with van der Waals surface area (Å²) in [6.45, 7) is 0.588.